The lowest BCUT2D eigenvalue weighted by Crippen LogP contribution is -2.49. The summed E-state index contributed by atoms with van der Waals surface area (Å²) >= 11 is 6.03. The van der Waals surface area contributed by atoms with Crippen molar-refractivity contribution in [1.29, 1.82) is 0 Å². The highest BCUT2D eigenvalue weighted by atomic mass is 35.5. The molecule has 8 heteroatoms. The average molecular weight is 490 g/mol. The number of nitrogens with zero attached hydrogens (tertiary/aromatic N) is 4. The van der Waals surface area contributed by atoms with Gasteiger partial charge in [-0.25, -0.2) is 9.97 Å². The zero-order chi connectivity index (χ0) is 24.3. The van der Waals surface area contributed by atoms with Crippen LogP contribution in [0.1, 0.15) is 30.4 Å². The van der Waals surface area contributed by atoms with Crippen LogP contribution in [0.25, 0.3) is 0 Å². The maximum absolute atomic E-state index is 13.2. The van der Waals surface area contributed by atoms with Gasteiger partial charge in [-0.3, -0.25) is 9.59 Å². The van der Waals surface area contributed by atoms with Gasteiger partial charge in [-0.1, -0.05) is 42.3 Å². The van der Waals surface area contributed by atoms with Gasteiger partial charge in [0.15, 0.2) is 0 Å². The van der Waals surface area contributed by atoms with E-state index in [1.165, 1.54) is 0 Å². The molecule has 2 heterocycles. The lowest BCUT2D eigenvalue weighted by atomic mass is 9.64. The van der Waals surface area contributed by atoms with E-state index in [1.807, 2.05) is 53.4 Å². The molecule has 2 aromatic carbocycles. The molecule has 0 unspecified atom stereocenters. The molecule has 7 nitrogen and oxygen atoms in total. The van der Waals surface area contributed by atoms with Crippen molar-refractivity contribution in [1.82, 2.24) is 14.9 Å². The normalized spacial score (nSPS) is 16.9. The lowest BCUT2D eigenvalue weighted by molar-refractivity contribution is -0.130. The van der Waals surface area contributed by atoms with E-state index in [0.29, 0.717) is 30.5 Å². The number of hydrogen-bond donors (Lipinski definition) is 1. The summed E-state index contributed by atoms with van der Waals surface area (Å²) in [6.07, 6.45) is 6.49. The summed E-state index contributed by atoms with van der Waals surface area (Å²) < 4.78 is 0. The Kier molecular flexibility index (Phi) is 6.68. The van der Waals surface area contributed by atoms with Crippen LogP contribution < -0.4 is 10.2 Å². The van der Waals surface area contributed by atoms with Gasteiger partial charge in [-0.15, -0.1) is 0 Å². The monoisotopic (exact) mass is 489 g/mol. The molecule has 1 aliphatic carbocycles. The highest BCUT2D eigenvalue weighted by Gasteiger charge is 2.45. The molecule has 2 fully saturated rings. The molecule has 2 aliphatic rings. The van der Waals surface area contributed by atoms with Gasteiger partial charge in [-0.05, 0) is 54.3 Å². The van der Waals surface area contributed by atoms with Gasteiger partial charge in [0.2, 0.25) is 17.8 Å². The van der Waals surface area contributed by atoms with Crippen molar-refractivity contribution in [3.63, 3.8) is 0 Å². The van der Waals surface area contributed by atoms with Gasteiger partial charge in [-0.2, -0.15) is 0 Å². The average Bonchev–Trinajstić information content (AvgIpc) is 2.86. The van der Waals surface area contributed by atoms with Crippen molar-refractivity contribution in [3.8, 4) is 0 Å². The number of aromatic nitrogens is 2. The number of piperazine rings is 1. The second kappa shape index (κ2) is 10.0. The molecule has 0 spiro atoms. The van der Waals surface area contributed by atoms with Crippen LogP contribution in [0.5, 0.6) is 0 Å². The standard InChI is InChI=1S/C27H28ClN5O2/c28-22-7-5-21(6-8-22)27(11-1-12-27)25(35)31-23-9-3-20(4-10-23)19-24(34)32-15-17-33(18-16-32)26-29-13-2-14-30-26/h2-10,13-14H,1,11-12,15-19H2,(H,31,35). The van der Waals surface area contributed by atoms with E-state index in [1.54, 1.807) is 18.5 Å². The number of anilines is 2. The molecule has 1 aliphatic heterocycles. The summed E-state index contributed by atoms with van der Waals surface area (Å²) in [5.74, 6) is 0.818. The smallest absolute Gasteiger partial charge is 0.235 e. The molecule has 5 rings (SSSR count). The third-order valence-electron chi connectivity index (χ3n) is 7.07. The first-order valence-corrected chi connectivity index (χ1v) is 12.4. The third kappa shape index (κ3) is 5.00. The number of carbonyl (C=O) groups is 2. The Morgan fingerprint density at radius 3 is 2.17 bits per heavy atom. The highest BCUT2D eigenvalue weighted by Crippen LogP contribution is 2.44. The molecule has 0 radical (unpaired) electrons. The topological polar surface area (TPSA) is 78.4 Å². The summed E-state index contributed by atoms with van der Waals surface area (Å²) in [5.41, 5.74) is 2.18. The summed E-state index contributed by atoms with van der Waals surface area (Å²) in [4.78, 5) is 38.6. The van der Waals surface area contributed by atoms with Gasteiger partial charge in [0.05, 0.1) is 11.8 Å². The van der Waals surface area contributed by atoms with E-state index >= 15 is 0 Å². The number of hydrogen-bond acceptors (Lipinski definition) is 5. The zero-order valence-electron chi connectivity index (χ0n) is 19.5. The molecule has 3 aromatic rings. The summed E-state index contributed by atoms with van der Waals surface area (Å²) in [6, 6.07) is 16.9. The van der Waals surface area contributed by atoms with Gasteiger partial charge < -0.3 is 15.1 Å². The minimum Gasteiger partial charge on any atom is -0.339 e. The molecule has 1 saturated heterocycles. The van der Waals surface area contributed by atoms with Crippen molar-refractivity contribution in [2.75, 3.05) is 36.4 Å². The van der Waals surface area contributed by atoms with Gasteiger partial charge in [0.1, 0.15) is 0 Å². The first kappa shape index (κ1) is 23.3. The van der Waals surface area contributed by atoms with Crippen molar-refractivity contribution in [2.24, 2.45) is 0 Å². The fourth-order valence-corrected chi connectivity index (χ4v) is 4.93. The van der Waals surface area contributed by atoms with Crippen LogP contribution in [0.15, 0.2) is 67.0 Å². The first-order valence-electron chi connectivity index (χ1n) is 12.0. The maximum atomic E-state index is 13.2. The second-order valence-electron chi connectivity index (χ2n) is 9.19. The Morgan fingerprint density at radius 1 is 0.914 bits per heavy atom. The van der Waals surface area contributed by atoms with Crippen LogP contribution in [0.4, 0.5) is 11.6 Å². The maximum Gasteiger partial charge on any atom is 0.235 e. The molecule has 1 saturated carbocycles. The Bertz CT molecular complexity index is 1170. The van der Waals surface area contributed by atoms with Gasteiger partial charge in [0, 0.05) is 49.3 Å². The molecule has 0 atom stereocenters. The minimum atomic E-state index is -0.494. The minimum absolute atomic E-state index is 0.00941. The summed E-state index contributed by atoms with van der Waals surface area (Å²) in [7, 11) is 0. The fraction of sp³-hybridized carbons (Fsp3) is 0.333. The fourth-order valence-electron chi connectivity index (χ4n) is 4.80. The highest BCUT2D eigenvalue weighted by molar-refractivity contribution is 6.30. The van der Waals surface area contributed by atoms with Crippen LogP contribution >= 0.6 is 11.6 Å². The number of halogens is 1. The van der Waals surface area contributed by atoms with Crippen molar-refractivity contribution >= 4 is 35.1 Å². The molecule has 0 bridgehead atoms. The van der Waals surface area contributed by atoms with E-state index in [-0.39, 0.29) is 11.8 Å². The predicted molar refractivity (Wildman–Crippen MR) is 137 cm³/mol. The number of carbonyl (C=O) groups excluding carboxylic acids is 2. The van der Waals surface area contributed by atoms with E-state index < -0.39 is 5.41 Å². The third-order valence-corrected chi connectivity index (χ3v) is 7.33. The largest absolute Gasteiger partial charge is 0.339 e. The SMILES string of the molecule is O=C(Cc1ccc(NC(=O)C2(c3ccc(Cl)cc3)CCC2)cc1)N1CCN(c2ncccn2)CC1. The van der Waals surface area contributed by atoms with E-state index in [9.17, 15) is 9.59 Å². The molecule has 1 N–H and O–H groups in total. The van der Waals surface area contributed by atoms with Crippen LogP contribution in [-0.2, 0) is 21.4 Å². The Balaban J connectivity index is 1.15. The first-order chi connectivity index (χ1) is 17.0. The number of benzene rings is 2. The Morgan fingerprint density at radius 2 is 1.57 bits per heavy atom. The summed E-state index contributed by atoms with van der Waals surface area (Å²) in [6.45, 7) is 2.74. The molecule has 1 aromatic heterocycles. The molecular formula is C27H28ClN5O2. The van der Waals surface area contributed by atoms with Gasteiger partial charge in [0.25, 0.3) is 0 Å². The van der Waals surface area contributed by atoms with Crippen molar-refractivity contribution in [2.45, 2.75) is 31.1 Å². The molecule has 35 heavy (non-hydrogen) atoms. The Hall–Kier alpha value is -3.45. The number of rotatable bonds is 6. The van der Waals surface area contributed by atoms with Crippen LogP contribution in [0, 0.1) is 0 Å². The number of nitrogens with one attached hydrogen (secondary N) is 1. The molecule has 180 valence electrons. The van der Waals surface area contributed by atoms with E-state index in [0.717, 1.165) is 49.2 Å². The second-order valence-corrected chi connectivity index (χ2v) is 9.62. The Labute approximate surface area is 210 Å². The van der Waals surface area contributed by atoms with Crippen LogP contribution in [-0.4, -0.2) is 52.9 Å². The summed E-state index contributed by atoms with van der Waals surface area (Å²) in [5, 5.41) is 3.74. The molecule has 2 amide bonds. The van der Waals surface area contributed by atoms with E-state index in [2.05, 4.69) is 20.2 Å². The number of amides is 2. The van der Waals surface area contributed by atoms with Crippen molar-refractivity contribution < 1.29 is 9.59 Å². The van der Waals surface area contributed by atoms with E-state index in [4.69, 9.17) is 11.6 Å². The van der Waals surface area contributed by atoms with Gasteiger partial charge >= 0.3 is 0 Å². The van der Waals surface area contributed by atoms with Crippen molar-refractivity contribution in [3.05, 3.63) is 83.1 Å². The quantitative estimate of drug-likeness (QED) is 0.564. The molecular weight excluding hydrogens is 462 g/mol. The lowest BCUT2D eigenvalue weighted by Gasteiger charge is -2.40. The van der Waals surface area contributed by atoms with Crippen LogP contribution in [0.3, 0.4) is 0 Å². The predicted octanol–water partition coefficient (Wildman–Crippen LogP) is 4.08. The zero-order valence-corrected chi connectivity index (χ0v) is 20.2. The van der Waals surface area contributed by atoms with Crippen LogP contribution in [0.2, 0.25) is 5.02 Å².